The van der Waals surface area contributed by atoms with Crippen molar-refractivity contribution in [2.45, 2.75) is 0 Å². The summed E-state index contributed by atoms with van der Waals surface area (Å²) in [4.78, 5) is 42.6. The van der Waals surface area contributed by atoms with E-state index in [-0.39, 0.29) is 11.1 Å². The lowest BCUT2D eigenvalue weighted by Crippen LogP contribution is -2.06. The van der Waals surface area contributed by atoms with E-state index in [9.17, 15) is 9.59 Å². The molecule has 0 N–H and O–H groups in total. The molecule has 0 saturated heterocycles. The van der Waals surface area contributed by atoms with Gasteiger partial charge in [-0.3, -0.25) is 9.97 Å². The second-order valence-electron chi connectivity index (χ2n) is 6.67. The number of pyridine rings is 4. The lowest BCUT2D eigenvalue weighted by Gasteiger charge is -2.10. The van der Waals surface area contributed by atoms with E-state index in [1.165, 1.54) is 14.2 Å². The highest BCUT2D eigenvalue weighted by Crippen LogP contribution is 2.27. The summed E-state index contributed by atoms with van der Waals surface area (Å²) in [6.07, 6.45) is 3.27. The second kappa shape index (κ2) is 9.13. The third-order valence-electron chi connectivity index (χ3n) is 4.61. The molecular weight excluding hydrogens is 408 g/mol. The number of aromatic nitrogens is 4. The fourth-order valence-corrected chi connectivity index (χ4v) is 3.09. The number of hydrogen-bond donors (Lipinski definition) is 0. The van der Waals surface area contributed by atoms with Crippen LogP contribution in [0.4, 0.5) is 0 Å². The maximum atomic E-state index is 12.3. The number of carbonyl (C=O) groups is 2. The van der Waals surface area contributed by atoms with Gasteiger partial charge in [0.25, 0.3) is 0 Å². The molecule has 0 spiro atoms. The monoisotopic (exact) mass is 426 g/mol. The van der Waals surface area contributed by atoms with Crippen molar-refractivity contribution in [3.8, 4) is 34.2 Å². The van der Waals surface area contributed by atoms with Crippen molar-refractivity contribution in [1.82, 2.24) is 19.9 Å². The highest BCUT2D eigenvalue weighted by Gasteiger charge is 2.17. The molecule has 0 aromatic carbocycles. The number of ether oxygens (including phenoxy) is 2. The van der Waals surface area contributed by atoms with E-state index < -0.39 is 11.9 Å². The minimum Gasteiger partial charge on any atom is -0.465 e. The molecule has 0 radical (unpaired) electrons. The van der Waals surface area contributed by atoms with Crippen molar-refractivity contribution in [2.24, 2.45) is 0 Å². The summed E-state index contributed by atoms with van der Waals surface area (Å²) in [6.45, 7) is 0. The molecule has 4 aromatic heterocycles. The molecule has 0 fully saturated rings. The Hall–Kier alpha value is -4.46. The van der Waals surface area contributed by atoms with Crippen molar-refractivity contribution >= 4 is 11.9 Å². The van der Waals surface area contributed by atoms with E-state index in [0.29, 0.717) is 34.2 Å². The number of carbonyl (C=O) groups excluding carboxylic acids is 2. The van der Waals surface area contributed by atoms with Crippen LogP contribution in [0.25, 0.3) is 34.2 Å². The van der Waals surface area contributed by atoms with Crippen LogP contribution in [0, 0.1) is 0 Å². The van der Waals surface area contributed by atoms with Crippen LogP contribution in [0.3, 0.4) is 0 Å². The van der Waals surface area contributed by atoms with E-state index in [2.05, 4.69) is 19.9 Å². The molecule has 8 heteroatoms. The molecule has 32 heavy (non-hydrogen) atoms. The first kappa shape index (κ1) is 20.8. The van der Waals surface area contributed by atoms with Crippen molar-refractivity contribution < 1.29 is 19.1 Å². The summed E-state index contributed by atoms with van der Waals surface area (Å²) >= 11 is 0. The third kappa shape index (κ3) is 4.34. The van der Waals surface area contributed by atoms with Gasteiger partial charge < -0.3 is 9.47 Å². The highest BCUT2D eigenvalue weighted by molar-refractivity contribution is 5.93. The van der Waals surface area contributed by atoms with Crippen LogP contribution in [-0.2, 0) is 9.47 Å². The summed E-state index contributed by atoms with van der Waals surface area (Å²) < 4.78 is 9.80. The predicted molar refractivity (Wildman–Crippen MR) is 117 cm³/mol. The summed E-state index contributed by atoms with van der Waals surface area (Å²) in [5.41, 5.74) is 3.39. The van der Waals surface area contributed by atoms with Gasteiger partial charge in [-0.1, -0.05) is 12.1 Å². The molecule has 0 bridgehead atoms. The van der Waals surface area contributed by atoms with Crippen LogP contribution in [0.5, 0.6) is 0 Å². The minimum atomic E-state index is -0.528. The molecular formula is C24H18N4O4. The normalized spacial score (nSPS) is 10.4. The van der Waals surface area contributed by atoms with Crippen molar-refractivity contribution in [3.05, 3.63) is 84.2 Å². The Morgan fingerprint density at radius 3 is 1.28 bits per heavy atom. The van der Waals surface area contributed by atoms with Gasteiger partial charge in [-0.05, 0) is 48.5 Å². The fraction of sp³-hybridized carbons (Fsp3) is 0.0833. The SMILES string of the molecule is COC(=O)c1cc(-c2ccccn2)nc(-c2cc(C(=O)OC)cc(-c3ccccn3)n2)c1. The standard InChI is InChI=1S/C24H18N4O4/c1-31-23(29)15-11-19(17-7-3-5-9-25-17)27-21(13-15)22-14-16(24(30)32-2)12-20(28-22)18-8-4-6-10-26-18/h3-14H,1-2H3. The van der Waals surface area contributed by atoms with Gasteiger partial charge in [0.2, 0.25) is 0 Å². The lowest BCUT2D eigenvalue weighted by atomic mass is 10.1. The van der Waals surface area contributed by atoms with Gasteiger partial charge in [-0.15, -0.1) is 0 Å². The van der Waals surface area contributed by atoms with Gasteiger partial charge in [0, 0.05) is 12.4 Å². The van der Waals surface area contributed by atoms with Gasteiger partial charge in [0.15, 0.2) is 0 Å². The van der Waals surface area contributed by atoms with Gasteiger partial charge >= 0.3 is 11.9 Å². The molecule has 8 nitrogen and oxygen atoms in total. The predicted octanol–water partition coefficient (Wildman–Crippen LogP) is 3.84. The summed E-state index contributed by atoms with van der Waals surface area (Å²) in [6, 6.07) is 17.1. The third-order valence-corrected chi connectivity index (χ3v) is 4.61. The molecule has 0 atom stereocenters. The van der Waals surface area contributed by atoms with Crippen molar-refractivity contribution in [1.29, 1.82) is 0 Å². The first-order valence-corrected chi connectivity index (χ1v) is 9.63. The van der Waals surface area contributed by atoms with E-state index in [4.69, 9.17) is 9.47 Å². The second-order valence-corrected chi connectivity index (χ2v) is 6.67. The summed E-state index contributed by atoms with van der Waals surface area (Å²) in [7, 11) is 2.61. The van der Waals surface area contributed by atoms with E-state index in [1.807, 2.05) is 12.1 Å². The van der Waals surface area contributed by atoms with Crippen LogP contribution in [0.2, 0.25) is 0 Å². The molecule has 0 amide bonds. The van der Waals surface area contributed by atoms with E-state index >= 15 is 0 Å². The Labute approximate surface area is 183 Å². The fourth-order valence-electron chi connectivity index (χ4n) is 3.09. The van der Waals surface area contributed by atoms with Crippen molar-refractivity contribution in [3.63, 3.8) is 0 Å². The molecule has 4 aromatic rings. The van der Waals surface area contributed by atoms with Crippen LogP contribution >= 0.6 is 0 Å². The molecule has 0 aliphatic heterocycles. The molecule has 0 saturated carbocycles. The molecule has 158 valence electrons. The largest absolute Gasteiger partial charge is 0.465 e. The number of esters is 2. The average Bonchev–Trinajstić information content (AvgIpc) is 2.88. The van der Waals surface area contributed by atoms with Crippen LogP contribution in [-0.4, -0.2) is 46.1 Å². The van der Waals surface area contributed by atoms with E-state index in [0.717, 1.165) is 0 Å². The Morgan fingerprint density at radius 1 is 0.594 bits per heavy atom. The maximum Gasteiger partial charge on any atom is 0.338 e. The first-order chi connectivity index (χ1) is 15.6. The average molecular weight is 426 g/mol. The number of hydrogen-bond acceptors (Lipinski definition) is 8. The maximum absolute atomic E-state index is 12.3. The van der Waals surface area contributed by atoms with Crippen LogP contribution in [0.1, 0.15) is 20.7 Å². The molecule has 0 unspecified atom stereocenters. The van der Waals surface area contributed by atoms with Gasteiger partial charge in [-0.25, -0.2) is 19.6 Å². The number of rotatable bonds is 5. The Morgan fingerprint density at radius 2 is 0.969 bits per heavy atom. The Balaban J connectivity index is 1.93. The smallest absolute Gasteiger partial charge is 0.338 e. The topological polar surface area (TPSA) is 104 Å². The molecule has 4 heterocycles. The first-order valence-electron chi connectivity index (χ1n) is 9.63. The van der Waals surface area contributed by atoms with Crippen LogP contribution in [0.15, 0.2) is 73.1 Å². The van der Waals surface area contributed by atoms with E-state index in [1.54, 1.807) is 60.9 Å². The Bertz CT molecular complexity index is 1180. The lowest BCUT2D eigenvalue weighted by molar-refractivity contribution is 0.0591. The molecule has 4 rings (SSSR count). The van der Waals surface area contributed by atoms with Gasteiger partial charge in [-0.2, -0.15) is 0 Å². The molecule has 0 aliphatic rings. The number of methoxy groups -OCH3 is 2. The number of nitrogens with zero attached hydrogens (tertiary/aromatic N) is 4. The minimum absolute atomic E-state index is 0.280. The Kier molecular flexibility index (Phi) is 5.94. The zero-order chi connectivity index (χ0) is 22.5. The quantitative estimate of drug-likeness (QED) is 0.443. The molecule has 0 aliphatic carbocycles. The van der Waals surface area contributed by atoms with Gasteiger partial charge in [0.1, 0.15) is 0 Å². The highest BCUT2D eigenvalue weighted by atomic mass is 16.5. The van der Waals surface area contributed by atoms with Gasteiger partial charge in [0.05, 0.1) is 59.5 Å². The van der Waals surface area contributed by atoms with Crippen LogP contribution < -0.4 is 0 Å². The zero-order valence-electron chi connectivity index (χ0n) is 17.4. The summed E-state index contributed by atoms with van der Waals surface area (Å²) in [5.74, 6) is -1.06. The van der Waals surface area contributed by atoms with Crippen molar-refractivity contribution in [2.75, 3.05) is 14.2 Å². The zero-order valence-corrected chi connectivity index (χ0v) is 17.4. The summed E-state index contributed by atoms with van der Waals surface area (Å²) in [5, 5.41) is 0.